The van der Waals surface area contributed by atoms with Crippen LogP contribution < -0.4 is 19.5 Å². The summed E-state index contributed by atoms with van der Waals surface area (Å²) in [5.41, 5.74) is 3.27. The molecule has 37 heavy (non-hydrogen) atoms. The SMILES string of the molecule is COc1ccc([C@H]2C(C(=O)OC3CCCC3)=C(C)NC3=C2C(=O)C[C@@H](c2cccs2)C3)c(OC)c1OC. The average molecular weight is 524 g/mol. The van der Waals surface area contributed by atoms with Gasteiger partial charge in [0.1, 0.15) is 6.10 Å². The van der Waals surface area contributed by atoms with Crippen LogP contribution in [0, 0.1) is 0 Å². The summed E-state index contributed by atoms with van der Waals surface area (Å²) in [7, 11) is 4.66. The molecule has 1 aromatic heterocycles. The van der Waals surface area contributed by atoms with Crippen molar-refractivity contribution in [1.82, 2.24) is 5.32 Å². The molecule has 1 aliphatic heterocycles. The summed E-state index contributed by atoms with van der Waals surface area (Å²) < 4.78 is 22.9. The number of carbonyl (C=O) groups excluding carboxylic acids is 2. The maximum absolute atomic E-state index is 13.8. The van der Waals surface area contributed by atoms with Gasteiger partial charge in [0.2, 0.25) is 5.75 Å². The first-order valence-electron chi connectivity index (χ1n) is 12.7. The van der Waals surface area contributed by atoms with Crippen LogP contribution in [0.3, 0.4) is 0 Å². The van der Waals surface area contributed by atoms with E-state index < -0.39 is 11.9 Å². The van der Waals surface area contributed by atoms with Gasteiger partial charge in [-0.3, -0.25) is 4.79 Å². The van der Waals surface area contributed by atoms with Crippen LogP contribution in [-0.4, -0.2) is 39.2 Å². The van der Waals surface area contributed by atoms with Gasteiger partial charge >= 0.3 is 5.97 Å². The van der Waals surface area contributed by atoms with Gasteiger partial charge in [-0.05, 0) is 56.5 Å². The number of allylic oxidation sites excluding steroid dienone is 3. The second-order valence-electron chi connectivity index (χ2n) is 9.77. The smallest absolute Gasteiger partial charge is 0.337 e. The Hall–Kier alpha value is -3.26. The van der Waals surface area contributed by atoms with Gasteiger partial charge < -0.3 is 24.3 Å². The summed E-state index contributed by atoms with van der Waals surface area (Å²) in [5.74, 6) is 0.459. The molecule has 5 rings (SSSR count). The predicted octanol–water partition coefficient (Wildman–Crippen LogP) is 5.62. The van der Waals surface area contributed by atoms with E-state index in [9.17, 15) is 9.59 Å². The number of carbonyl (C=O) groups is 2. The zero-order valence-corrected chi connectivity index (χ0v) is 22.5. The zero-order chi connectivity index (χ0) is 26.1. The minimum atomic E-state index is -0.642. The van der Waals surface area contributed by atoms with Gasteiger partial charge in [0, 0.05) is 39.7 Å². The highest BCUT2D eigenvalue weighted by Crippen LogP contribution is 2.51. The summed E-state index contributed by atoms with van der Waals surface area (Å²) in [6.45, 7) is 1.88. The van der Waals surface area contributed by atoms with E-state index in [1.807, 2.05) is 24.4 Å². The first-order chi connectivity index (χ1) is 18.0. The fourth-order valence-electron chi connectivity index (χ4n) is 5.92. The molecule has 0 bridgehead atoms. The molecule has 1 aromatic carbocycles. The number of nitrogens with one attached hydrogen (secondary N) is 1. The summed E-state index contributed by atoms with van der Waals surface area (Å²) in [5, 5.41) is 5.47. The number of rotatable bonds is 7. The van der Waals surface area contributed by atoms with Crippen molar-refractivity contribution in [1.29, 1.82) is 0 Å². The maximum Gasteiger partial charge on any atom is 0.337 e. The van der Waals surface area contributed by atoms with Crippen molar-refractivity contribution in [2.24, 2.45) is 0 Å². The third kappa shape index (κ3) is 4.63. The standard InChI is InChI=1S/C29H33NO6S/c1-16-24(29(32)36-18-8-5-6-9-18)25(19-11-12-22(33-2)28(35-4)27(19)34-3)26-20(30-16)14-17(15-21(26)31)23-10-7-13-37-23/h7,10-13,17-18,25,30H,5-6,8-9,14-15H2,1-4H3/t17-,25-/m0/s1. The van der Waals surface area contributed by atoms with E-state index >= 15 is 0 Å². The van der Waals surface area contributed by atoms with E-state index in [1.54, 1.807) is 38.7 Å². The molecular weight excluding hydrogens is 490 g/mol. The molecule has 0 amide bonds. The topological polar surface area (TPSA) is 83.1 Å². The van der Waals surface area contributed by atoms with Crippen molar-refractivity contribution in [3.63, 3.8) is 0 Å². The molecule has 196 valence electrons. The Labute approximate surface area is 221 Å². The highest BCUT2D eigenvalue weighted by molar-refractivity contribution is 7.10. The van der Waals surface area contributed by atoms with Crippen LogP contribution in [0.1, 0.15) is 67.7 Å². The molecule has 1 N–H and O–H groups in total. The summed E-state index contributed by atoms with van der Waals surface area (Å²) in [6, 6.07) is 7.74. The van der Waals surface area contributed by atoms with E-state index in [2.05, 4.69) is 11.4 Å². The van der Waals surface area contributed by atoms with Gasteiger partial charge in [0.15, 0.2) is 17.3 Å². The third-order valence-electron chi connectivity index (χ3n) is 7.61. The minimum Gasteiger partial charge on any atom is -0.493 e. The zero-order valence-electron chi connectivity index (χ0n) is 21.7. The second kappa shape index (κ2) is 10.6. The number of Topliss-reactive ketones (excluding diaryl/α,β-unsaturated/α-hetero) is 1. The lowest BCUT2D eigenvalue weighted by Crippen LogP contribution is -2.36. The van der Waals surface area contributed by atoms with Crippen molar-refractivity contribution in [3.05, 3.63) is 62.6 Å². The second-order valence-corrected chi connectivity index (χ2v) is 10.7. The van der Waals surface area contributed by atoms with Crippen LogP contribution in [0.4, 0.5) is 0 Å². The van der Waals surface area contributed by atoms with E-state index in [4.69, 9.17) is 18.9 Å². The van der Waals surface area contributed by atoms with Crippen LogP contribution in [-0.2, 0) is 14.3 Å². The number of dihydropyridines is 1. The van der Waals surface area contributed by atoms with Crippen molar-refractivity contribution in [2.75, 3.05) is 21.3 Å². The van der Waals surface area contributed by atoms with Crippen molar-refractivity contribution in [3.8, 4) is 17.2 Å². The number of esters is 1. The van der Waals surface area contributed by atoms with E-state index in [-0.39, 0.29) is 17.8 Å². The van der Waals surface area contributed by atoms with Crippen molar-refractivity contribution < 1.29 is 28.5 Å². The van der Waals surface area contributed by atoms with Gasteiger partial charge in [-0.1, -0.05) is 12.1 Å². The molecule has 0 unspecified atom stereocenters. The monoisotopic (exact) mass is 523 g/mol. The van der Waals surface area contributed by atoms with Crippen LogP contribution in [0.2, 0.25) is 0 Å². The molecule has 0 saturated heterocycles. The fourth-order valence-corrected chi connectivity index (χ4v) is 6.75. The molecule has 3 aliphatic rings. The lowest BCUT2D eigenvalue weighted by atomic mass is 9.72. The van der Waals surface area contributed by atoms with Gasteiger partial charge in [-0.15, -0.1) is 11.3 Å². The van der Waals surface area contributed by atoms with E-state index in [1.165, 1.54) is 4.88 Å². The normalized spacial score (nSPS) is 22.0. The Morgan fingerprint density at radius 3 is 2.41 bits per heavy atom. The molecule has 0 spiro atoms. The molecule has 1 fully saturated rings. The quantitative estimate of drug-likeness (QED) is 0.472. The Kier molecular flexibility index (Phi) is 7.29. The summed E-state index contributed by atoms with van der Waals surface area (Å²) in [4.78, 5) is 28.7. The first kappa shape index (κ1) is 25.4. The molecule has 2 heterocycles. The summed E-state index contributed by atoms with van der Waals surface area (Å²) >= 11 is 1.67. The Balaban J connectivity index is 1.64. The highest BCUT2D eigenvalue weighted by atomic mass is 32.1. The van der Waals surface area contributed by atoms with E-state index in [0.717, 1.165) is 31.4 Å². The number of ketones is 1. The molecule has 2 aromatic rings. The molecule has 7 nitrogen and oxygen atoms in total. The number of ether oxygens (including phenoxy) is 4. The van der Waals surface area contributed by atoms with Gasteiger partial charge in [-0.25, -0.2) is 4.79 Å². The minimum absolute atomic E-state index is 0.0210. The Morgan fingerprint density at radius 2 is 1.76 bits per heavy atom. The summed E-state index contributed by atoms with van der Waals surface area (Å²) in [6.07, 6.45) is 4.82. The number of hydrogen-bond donors (Lipinski definition) is 1. The number of benzene rings is 1. The average Bonchev–Trinajstić information content (AvgIpc) is 3.61. The van der Waals surface area contributed by atoms with Gasteiger partial charge in [-0.2, -0.15) is 0 Å². The van der Waals surface area contributed by atoms with Gasteiger partial charge in [0.05, 0.1) is 32.8 Å². The number of hydrogen-bond acceptors (Lipinski definition) is 8. The third-order valence-corrected chi connectivity index (χ3v) is 8.65. The Morgan fingerprint density at radius 1 is 1.00 bits per heavy atom. The van der Waals surface area contributed by atoms with Crippen molar-refractivity contribution in [2.45, 2.75) is 63.4 Å². The van der Waals surface area contributed by atoms with E-state index in [0.29, 0.717) is 52.5 Å². The molecule has 2 atom stereocenters. The van der Waals surface area contributed by atoms with Crippen molar-refractivity contribution >= 4 is 23.1 Å². The van der Waals surface area contributed by atoms with Crippen LogP contribution in [0.5, 0.6) is 17.2 Å². The van der Waals surface area contributed by atoms with Crippen LogP contribution in [0.25, 0.3) is 0 Å². The number of methoxy groups -OCH3 is 3. The molecule has 0 radical (unpaired) electrons. The van der Waals surface area contributed by atoms with Gasteiger partial charge in [0.25, 0.3) is 0 Å². The Bertz CT molecular complexity index is 1260. The predicted molar refractivity (Wildman–Crippen MR) is 141 cm³/mol. The first-order valence-corrected chi connectivity index (χ1v) is 13.6. The molecule has 8 heteroatoms. The molecule has 1 saturated carbocycles. The molecular formula is C29H33NO6S. The highest BCUT2D eigenvalue weighted by Gasteiger charge is 2.43. The number of thiophene rings is 1. The largest absolute Gasteiger partial charge is 0.493 e. The fraction of sp³-hybridized carbons (Fsp3) is 0.448. The molecule has 2 aliphatic carbocycles. The van der Waals surface area contributed by atoms with Crippen LogP contribution in [0.15, 0.2) is 52.2 Å². The lowest BCUT2D eigenvalue weighted by molar-refractivity contribution is -0.144. The maximum atomic E-state index is 13.8. The van der Waals surface area contributed by atoms with Crippen LogP contribution >= 0.6 is 11.3 Å². The lowest BCUT2D eigenvalue weighted by Gasteiger charge is -2.37.